The van der Waals surface area contributed by atoms with Gasteiger partial charge >= 0.3 is 0 Å². The van der Waals surface area contributed by atoms with Gasteiger partial charge < -0.3 is 14.2 Å². The van der Waals surface area contributed by atoms with Gasteiger partial charge in [-0.1, -0.05) is 12.1 Å². The summed E-state index contributed by atoms with van der Waals surface area (Å²) in [6.07, 6.45) is 3.84. The van der Waals surface area contributed by atoms with Gasteiger partial charge in [0.15, 0.2) is 5.79 Å². The van der Waals surface area contributed by atoms with Crippen molar-refractivity contribution < 1.29 is 14.2 Å². The Labute approximate surface area is 119 Å². The Morgan fingerprint density at radius 3 is 2.35 bits per heavy atom. The van der Waals surface area contributed by atoms with E-state index in [0.717, 1.165) is 51.2 Å². The second-order valence-corrected chi connectivity index (χ2v) is 5.34. The monoisotopic (exact) mass is 275 g/mol. The van der Waals surface area contributed by atoms with Crippen molar-refractivity contribution in [1.29, 1.82) is 0 Å². The molecular weight excluding hydrogens is 254 g/mol. The van der Waals surface area contributed by atoms with Crippen LogP contribution in [0, 0.1) is 0 Å². The maximum absolute atomic E-state index is 5.73. The highest BCUT2D eigenvalue weighted by Crippen LogP contribution is 2.34. The van der Waals surface area contributed by atoms with Gasteiger partial charge in [0.1, 0.15) is 5.75 Å². The molecule has 1 heterocycles. The van der Waals surface area contributed by atoms with Crippen molar-refractivity contribution in [2.75, 3.05) is 20.3 Å². The summed E-state index contributed by atoms with van der Waals surface area (Å²) in [6, 6.07) is 8.09. The fourth-order valence-electron chi connectivity index (χ4n) is 2.80. The molecule has 1 aromatic rings. The number of methoxy groups -OCH3 is 1. The first-order chi connectivity index (χ1) is 9.80. The summed E-state index contributed by atoms with van der Waals surface area (Å²) in [7, 11) is 1.68. The van der Waals surface area contributed by atoms with Crippen LogP contribution in [0.1, 0.15) is 31.2 Å². The van der Waals surface area contributed by atoms with Crippen LogP contribution < -0.4 is 4.74 Å². The van der Waals surface area contributed by atoms with E-state index in [2.05, 4.69) is 12.1 Å². The number of hydrogen-bond acceptors (Lipinski definition) is 4. The largest absolute Gasteiger partial charge is 0.497 e. The molecule has 1 aromatic carbocycles. The van der Waals surface area contributed by atoms with Gasteiger partial charge in [0.25, 0.3) is 0 Å². The van der Waals surface area contributed by atoms with Gasteiger partial charge in [-0.25, -0.2) is 0 Å². The molecule has 108 valence electrons. The number of ether oxygens (including phenoxy) is 3. The minimum absolute atomic E-state index is 0.293. The van der Waals surface area contributed by atoms with Crippen LogP contribution in [-0.4, -0.2) is 31.8 Å². The summed E-state index contributed by atoms with van der Waals surface area (Å²) in [4.78, 5) is 4.73. The highest BCUT2D eigenvalue weighted by molar-refractivity contribution is 5.85. The van der Waals surface area contributed by atoms with Crippen molar-refractivity contribution in [1.82, 2.24) is 0 Å². The fourth-order valence-corrected chi connectivity index (χ4v) is 2.80. The van der Waals surface area contributed by atoms with Gasteiger partial charge in [-0.15, -0.1) is 0 Å². The molecule has 1 aliphatic heterocycles. The molecule has 2 fully saturated rings. The first kappa shape index (κ1) is 13.6. The summed E-state index contributed by atoms with van der Waals surface area (Å²) >= 11 is 0. The topological polar surface area (TPSA) is 40.0 Å². The minimum atomic E-state index is -0.293. The number of rotatable bonds is 3. The van der Waals surface area contributed by atoms with Crippen molar-refractivity contribution in [3.8, 4) is 5.75 Å². The van der Waals surface area contributed by atoms with Crippen LogP contribution in [-0.2, 0) is 16.0 Å². The lowest BCUT2D eigenvalue weighted by Crippen LogP contribution is -2.35. The van der Waals surface area contributed by atoms with Crippen molar-refractivity contribution in [2.24, 2.45) is 4.99 Å². The van der Waals surface area contributed by atoms with Crippen molar-refractivity contribution in [3.05, 3.63) is 29.8 Å². The smallest absolute Gasteiger partial charge is 0.169 e. The first-order valence-corrected chi connectivity index (χ1v) is 7.23. The molecule has 0 unspecified atom stereocenters. The summed E-state index contributed by atoms with van der Waals surface area (Å²) in [5, 5.41) is 0. The quantitative estimate of drug-likeness (QED) is 0.851. The molecule has 0 atom stereocenters. The van der Waals surface area contributed by atoms with Crippen molar-refractivity contribution >= 4 is 5.71 Å². The third kappa shape index (κ3) is 3.02. The minimum Gasteiger partial charge on any atom is -0.497 e. The molecule has 1 spiro atoms. The van der Waals surface area contributed by atoms with E-state index in [0.29, 0.717) is 0 Å². The predicted octanol–water partition coefficient (Wildman–Crippen LogP) is 2.95. The average Bonchev–Trinajstić information content (AvgIpc) is 2.96. The second kappa shape index (κ2) is 5.94. The van der Waals surface area contributed by atoms with Crippen LogP contribution >= 0.6 is 0 Å². The molecule has 4 heteroatoms. The number of hydrogen-bond donors (Lipinski definition) is 0. The SMILES string of the molecule is COc1ccc(CN=C2CCC3(CC2)OCCO3)cc1. The number of nitrogens with zero attached hydrogens (tertiary/aromatic N) is 1. The molecule has 4 nitrogen and oxygen atoms in total. The van der Waals surface area contributed by atoms with E-state index in [1.165, 1.54) is 11.3 Å². The van der Waals surface area contributed by atoms with Crippen LogP contribution in [0.4, 0.5) is 0 Å². The van der Waals surface area contributed by atoms with E-state index >= 15 is 0 Å². The molecule has 0 aromatic heterocycles. The Morgan fingerprint density at radius 2 is 1.75 bits per heavy atom. The normalized spacial score (nSPS) is 21.1. The molecule has 0 amide bonds. The lowest BCUT2D eigenvalue weighted by Gasteiger charge is -2.31. The lowest BCUT2D eigenvalue weighted by atomic mass is 9.92. The van der Waals surface area contributed by atoms with Crippen molar-refractivity contribution in [3.63, 3.8) is 0 Å². The Kier molecular flexibility index (Phi) is 4.03. The average molecular weight is 275 g/mol. The van der Waals surface area contributed by atoms with E-state index in [4.69, 9.17) is 19.2 Å². The van der Waals surface area contributed by atoms with Gasteiger partial charge in [0, 0.05) is 18.6 Å². The Balaban J connectivity index is 1.54. The standard InChI is InChI=1S/C16H21NO3/c1-18-15-4-2-13(3-5-15)12-17-14-6-8-16(9-7-14)19-10-11-20-16/h2-5H,6-12H2,1H3. The Bertz CT molecular complexity index is 463. The molecule has 20 heavy (non-hydrogen) atoms. The van der Waals surface area contributed by atoms with E-state index < -0.39 is 0 Å². The third-order valence-electron chi connectivity index (χ3n) is 4.05. The maximum atomic E-state index is 5.73. The molecule has 0 bridgehead atoms. The predicted molar refractivity (Wildman–Crippen MR) is 77.2 cm³/mol. The zero-order valence-electron chi connectivity index (χ0n) is 11.9. The molecule has 2 aliphatic rings. The van der Waals surface area contributed by atoms with E-state index in [1.807, 2.05) is 12.1 Å². The molecule has 0 radical (unpaired) electrons. The number of benzene rings is 1. The van der Waals surface area contributed by atoms with E-state index in [9.17, 15) is 0 Å². The van der Waals surface area contributed by atoms with Gasteiger partial charge in [-0.2, -0.15) is 0 Å². The molecular formula is C16H21NO3. The van der Waals surface area contributed by atoms with Gasteiger partial charge in [0.2, 0.25) is 0 Å². The first-order valence-electron chi connectivity index (χ1n) is 7.23. The fraction of sp³-hybridized carbons (Fsp3) is 0.562. The molecule has 1 saturated carbocycles. The Morgan fingerprint density at radius 1 is 1.10 bits per heavy atom. The number of aliphatic imine (C=N–C) groups is 1. The van der Waals surface area contributed by atoms with Gasteiger partial charge in [-0.05, 0) is 30.5 Å². The van der Waals surface area contributed by atoms with Crippen LogP contribution in [0.15, 0.2) is 29.3 Å². The van der Waals surface area contributed by atoms with Crippen LogP contribution in [0.5, 0.6) is 5.75 Å². The second-order valence-electron chi connectivity index (χ2n) is 5.34. The summed E-state index contributed by atoms with van der Waals surface area (Å²) in [5.74, 6) is 0.593. The van der Waals surface area contributed by atoms with Gasteiger partial charge in [-0.3, -0.25) is 4.99 Å². The zero-order valence-corrected chi connectivity index (χ0v) is 11.9. The Hall–Kier alpha value is -1.39. The lowest BCUT2D eigenvalue weighted by molar-refractivity contribution is -0.167. The molecule has 0 N–H and O–H groups in total. The maximum Gasteiger partial charge on any atom is 0.169 e. The van der Waals surface area contributed by atoms with Crippen LogP contribution in [0.25, 0.3) is 0 Å². The molecule has 1 saturated heterocycles. The highest BCUT2D eigenvalue weighted by atomic mass is 16.7. The molecule has 3 rings (SSSR count). The summed E-state index contributed by atoms with van der Waals surface area (Å²) in [6.45, 7) is 2.21. The van der Waals surface area contributed by atoms with Crippen LogP contribution in [0.2, 0.25) is 0 Å². The molecule has 1 aliphatic carbocycles. The van der Waals surface area contributed by atoms with E-state index in [-0.39, 0.29) is 5.79 Å². The summed E-state index contributed by atoms with van der Waals surface area (Å²) in [5.41, 5.74) is 2.50. The van der Waals surface area contributed by atoms with Gasteiger partial charge in [0.05, 0.1) is 26.9 Å². The third-order valence-corrected chi connectivity index (χ3v) is 4.05. The van der Waals surface area contributed by atoms with Crippen molar-refractivity contribution in [2.45, 2.75) is 38.0 Å². The van der Waals surface area contributed by atoms with E-state index in [1.54, 1.807) is 7.11 Å². The highest BCUT2D eigenvalue weighted by Gasteiger charge is 2.39. The zero-order chi connectivity index (χ0) is 13.8. The van der Waals surface area contributed by atoms with Crippen LogP contribution in [0.3, 0.4) is 0 Å². The summed E-state index contributed by atoms with van der Waals surface area (Å²) < 4.78 is 16.6.